The number of rotatable bonds is 10. The molecule has 2 unspecified atom stereocenters. The number of benzene rings is 1. The zero-order valence-corrected chi connectivity index (χ0v) is 25.0. The quantitative estimate of drug-likeness (QED) is 0.395. The van der Waals surface area contributed by atoms with Crippen molar-refractivity contribution in [3.8, 4) is 5.75 Å². The monoisotopic (exact) mass is 604 g/mol. The molecule has 11 nitrogen and oxygen atoms in total. The minimum absolute atomic E-state index is 0.104. The summed E-state index contributed by atoms with van der Waals surface area (Å²) in [4.78, 5) is 56.2. The number of carbonyl (C=O) groups is 4. The number of cyclic esters (lactones) is 1. The van der Waals surface area contributed by atoms with Crippen LogP contribution in [0.5, 0.6) is 5.75 Å². The van der Waals surface area contributed by atoms with Gasteiger partial charge in [-0.25, -0.2) is 4.98 Å². The van der Waals surface area contributed by atoms with Gasteiger partial charge in [0.2, 0.25) is 11.8 Å². The molecule has 3 amide bonds. The summed E-state index contributed by atoms with van der Waals surface area (Å²) in [5.41, 5.74) is 2.48. The first-order chi connectivity index (χ1) is 21.3. The number of piperidine rings is 1. The maximum atomic E-state index is 13.0. The summed E-state index contributed by atoms with van der Waals surface area (Å²) in [6.07, 6.45) is 6.21. The van der Waals surface area contributed by atoms with Crippen LogP contribution >= 0.6 is 0 Å². The molecule has 3 aliphatic heterocycles. The zero-order chi connectivity index (χ0) is 30.6. The van der Waals surface area contributed by atoms with Gasteiger partial charge in [0.25, 0.3) is 5.91 Å². The second kappa shape index (κ2) is 13.3. The first-order valence-electron chi connectivity index (χ1n) is 15.7. The topological polar surface area (TPSA) is 136 Å². The van der Waals surface area contributed by atoms with Gasteiger partial charge < -0.3 is 29.7 Å². The summed E-state index contributed by atoms with van der Waals surface area (Å²) in [6, 6.07) is 11.1. The van der Waals surface area contributed by atoms with E-state index in [0.717, 1.165) is 24.8 Å². The van der Waals surface area contributed by atoms with Crippen LogP contribution in [0.3, 0.4) is 0 Å². The molecule has 11 heteroatoms. The summed E-state index contributed by atoms with van der Waals surface area (Å²) in [6.45, 7) is 3.60. The Morgan fingerprint density at radius 1 is 1.05 bits per heavy atom. The van der Waals surface area contributed by atoms with Gasteiger partial charge in [0.15, 0.2) is 0 Å². The lowest BCUT2D eigenvalue weighted by atomic mass is 10.00. The van der Waals surface area contributed by atoms with Crippen molar-refractivity contribution in [2.24, 2.45) is 5.92 Å². The van der Waals surface area contributed by atoms with Gasteiger partial charge >= 0.3 is 5.97 Å². The Balaban J connectivity index is 1.08. The Morgan fingerprint density at radius 2 is 1.86 bits per heavy atom. The summed E-state index contributed by atoms with van der Waals surface area (Å²) in [7, 11) is 0. The molecule has 1 saturated carbocycles. The number of nitrogens with one attached hydrogen (secondary N) is 2. The number of hydrogen-bond donors (Lipinski definition) is 2. The van der Waals surface area contributed by atoms with Gasteiger partial charge in [-0.2, -0.15) is 0 Å². The number of aromatic nitrogens is 1. The lowest BCUT2D eigenvalue weighted by Gasteiger charge is -2.34. The first-order valence-corrected chi connectivity index (χ1v) is 15.7. The zero-order valence-electron chi connectivity index (χ0n) is 25.0. The molecule has 1 aromatic heterocycles. The molecule has 2 N–H and O–H groups in total. The van der Waals surface area contributed by atoms with Gasteiger partial charge in [-0.1, -0.05) is 24.3 Å². The molecule has 6 rings (SSSR count). The van der Waals surface area contributed by atoms with E-state index in [1.54, 1.807) is 17.0 Å². The third-order valence-corrected chi connectivity index (χ3v) is 8.87. The van der Waals surface area contributed by atoms with Gasteiger partial charge in [0.05, 0.1) is 24.6 Å². The summed E-state index contributed by atoms with van der Waals surface area (Å²) in [5, 5.41) is 6.07. The van der Waals surface area contributed by atoms with Crippen LogP contribution in [0.4, 0.5) is 0 Å². The SMILES string of the molecule is CC(NC(=O)[C@@H]1CCCO1)C(Oc1ccc(C(=O)N[C@H]2CCCN(C(=O)[C@H]3COC(=O)C3)C2)nc1)c1ccc(C2CC2)cc1. The molecule has 5 atom stereocenters. The highest BCUT2D eigenvalue weighted by Crippen LogP contribution is 2.40. The van der Waals surface area contributed by atoms with Crippen molar-refractivity contribution in [1.82, 2.24) is 20.5 Å². The fourth-order valence-corrected chi connectivity index (χ4v) is 6.23. The lowest BCUT2D eigenvalue weighted by molar-refractivity contribution is -0.138. The van der Waals surface area contributed by atoms with E-state index in [0.29, 0.717) is 37.8 Å². The third kappa shape index (κ3) is 7.20. The molecule has 4 heterocycles. The first kappa shape index (κ1) is 30.1. The fourth-order valence-electron chi connectivity index (χ4n) is 6.23. The molecular weight excluding hydrogens is 564 g/mol. The molecular formula is C33H40N4O7. The Bertz CT molecular complexity index is 1360. The van der Waals surface area contributed by atoms with E-state index in [-0.39, 0.29) is 54.5 Å². The maximum Gasteiger partial charge on any atom is 0.306 e. The minimum Gasteiger partial charge on any atom is -0.482 e. The van der Waals surface area contributed by atoms with Crippen LogP contribution in [0.15, 0.2) is 42.6 Å². The van der Waals surface area contributed by atoms with Crippen LogP contribution in [0.25, 0.3) is 0 Å². The molecule has 0 radical (unpaired) electrons. The largest absolute Gasteiger partial charge is 0.482 e. The molecule has 1 aromatic carbocycles. The van der Waals surface area contributed by atoms with Crippen LogP contribution < -0.4 is 15.4 Å². The van der Waals surface area contributed by atoms with E-state index in [2.05, 4.69) is 39.9 Å². The van der Waals surface area contributed by atoms with Gasteiger partial charge in [-0.3, -0.25) is 19.2 Å². The normalized spacial score (nSPS) is 24.7. The van der Waals surface area contributed by atoms with Crippen molar-refractivity contribution in [1.29, 1.82) is 0 Å². The predicted molar refractivity (Wildman–Crippen MR) is 159 cm³/mol. The highest BCUT2D eigenvalue weighted by molar-refractivity contribution is 5.92. The average Bonchev–Trinajstić information content (AvgIpc) is 3.55. The Labute approximate surface area is 257 Å². The number of carbonyl (C=O) groups excluding carboxylic acids is 4. The molecule has 4 aliphatic rings. The van der Waals surface area contributed by atoms with Crippen LogP contribution in [0.1, 0.15) is 85.5 Å². The van der Waals surface area contributed by atoms with Crippen molar-refractivity contribution >= 4 is 23.7 Å². The molecule has 0 spiro atoms. The average molecular weight is 605 g/mol. The summed E-state index contributed by atoms with van der Waals surface area (Å²) in [5.74, 6) is -0.271. The van der Waals surface area contributed by atoms with Crippen LogP contribution in [0, 0.1) is 5.92 Å². The molecule has 0 bridgehead atoms. The number of likely N-dealkylation sites (tertiary alicyclic amines) is 1. The molecule has 1 aliphatic carbocycles. The number of amides is 3. The van der Waals surface area contributed by atoms with Crippen molar-refractivity contribution in [3.63, 3.8) is 0 Å². The molecule has 234 valence electrons. The van der Waals surface area contributed by atoms with E-state index in [1.807, 2.05) is 6.92 Å². The van der Waals surface area contributed by atoms with E-state index in [9.17, 15) is 19.2 Å². The Hall–Kier alpha value is -3.99. The van der Waals surface area contributed by atoms with E-state index in [1.165, 1.54) is 24.6 Å². The molecule has 4 fully saturated rings. The Morgan fingerprint density at radius 3 is 2.52 bits per heavy atom. The standard InChI is InChI=1S/C33H40N4O7/c1-20(35-32(40)28-5-3-15-42-28)30(23-10-8-22(9-11-23)21-6-7-21)44-26-12-13-27(34-17-26)31(39)36-25-4-2-14-37(18-25)33(41)24-16-29(38)43-19-24/h8-13,17,20-21,24-25,28,30H,2-7,14-16,18-19H2,1H3,(H,35,40)(H,36,39)/t20?,24-,25+,28+,30?/m1/s1. The smallest absolute Gasteiger partial charge is 0.306 e. The number of pyridine rings is 1. The van der Waals surface area contributed by atoms with Crippen molar-refractivity contribution in [2.45, 2.75) is 82.1 Å². The summed E-state index contributed by atoms with van der Waals surface area (Å²) >= 11 is 0. The van der Waals surface area contributed by atoms with Crippen LogP contribution in [0.2, 0.25) is 0 Å². The van der Waals surface area contributed by atoms with Crippen molar-refractivity contribution in [3.05, 3.63) is 59.4 Å². The maximum absolute atomic E-state index is 13.0. The highest BCUT2D eigenvalue weighted by atomic mass is 16.5. The number of ether oxygens (including phenoxy) is 3. The number of esters is 1. The highest BCUT2D eigenvalue weighted by Gasteiger charge is 2.35. The van der Waals surface area contributed by atoms with Gasteiger partial charge in [0, 0.05) is 25.7 Å². The van der Waals surface area contributed by atoms with Crippen molar-refractivity contribution < 1.29 is 33.4 Å². The van der Waals surface area contributed by atoms with E-state index >= 15 is 0 Å². The van der Waals surface area contributed by atoms with Gasteiger partial charge in [-0.05, 0) is 74.6 Å². The summed E-state index contributed by atoms with van der Waals surface area (Å²) < 4.78 is 16.9. The van der Waals surface area contributed by atoms with Gasteiger partial charge in [0.1, 0.15) is 30.3 Å². The Kier molecular flexibility index (Phi) is 9.11. The second-order valence-corrected chi connectivity index (χ2v) is 12.3. The third-order valence-electron chi connectivity index (χ3n) is 8.87. The lowest BCUT2D eigenvalue weighted by Crippen LogP contribution is -2.51. The minimum atomic E-state index is -0.485. The predicted octanol–water partition coefficient (Wildman–Crippen LogP) is 3.05. The number of nitrogens with zero attached hydrogens (tertiary/aromatic N) is 2. The molecule has 44 heavy (non-hydrogen) atoms. The van der Waals surface area contributed by atoms with Crippen LogP contribution in [-0.4, -0.2) is 78.1 Å². The van der Waals surface area contributed by atoms with E-state index < -0.39 is 18.1 Å². The molecule has 2 aromatic rings. The number of hydrogen-bond acceptors (Lipinski definition) is 8. The van der Waals surface area contributed by atoms with Gasteiger partial charge in [-0.15, -0.1) is 0 Å². The van der Waals surface area contributed by atoms with Crippen molar-refractivity contribution in [2.75, 3.05) is 26.3 Å². The van der Waals surface area contributed by atoms with E-state index in [4.69, 9.17) is 14.2 Å². The molecule has 3 saturated heterocycles. The second-order valence-electron chi connectivity index (χ2n) is 12.3. The van der Waals surface area contributed by atoms with Crippen LogP contribution in [-0.2, 0) is 23.9 Å². The fraction of sp³-hybridized carbons (Fsp3) is 0.545.